The molecule has 1 aliphatic rings. The average Bonchev–Trinajstić information content (AvgIpc) is 2.71. The Hall–Kier alpha value is -0.530. The van der Waals surface area contributed by atoms with Crippen LogP contribution in [0.4, 0.5) is 0 Å². The van der Waals surface area contributed by atoms with Crippen LogP contribution in [0.15, 0.2) is 24.3 Å². The highest BCUT2D eigenvalue weighted by Gasteiger charge is 2.16. The van der Waals surface area contributed by atoms with Crippen molar-refractivity contribution in [2.75, 3.05) is 0 Å². The first-order valence-corrected chi connectivity index (χ1v) is 5.19. The Labute approximate surface area is 92.1 Å². The van der Waals surface area contributed by atoms with Crippen molar-refractivity contribution >= 4 is 12.4 Å². The van der Waals surface area contributed by atoms with Crippen molar-refractivity contribution in [2.24, 2.45) is 5.73 Å². The largest absolute Gasteiger partial charge is 0.326 e. The van der Waals surface area contributed by atoms with Gasteiger partial charge in [-0.2, -0.15) is 0 Å². The zero-order chi connectivity index (χ0) is 9.10. The minimum Gasteiger partial charge on any atom is -0.326 e. The monoisotopic (exact) mass is 211 g/mol. The van der Waals surface area contributed by atoms with E-state index in [1.165, 1.54) is 36.8 Å². The van der Waals surface area contributed by atoms with E-state index >= 15 is 0 Å². The Morgan fingerprint density at radius 3 is 2.14 bits per heavy atom. The van der Waals surface area contributed by atoms with Crippen LogP contribution in [0, 0.1) is 0 Å². The van der Waals surface area contributed by atoms with Gasteiger partial charge in [0, 0.05) is 6.54 Å². The fraction of sp³-hybridized carbons (Fsp3) is 0.500. The van der Waals surface area contributed by atoms with Crippen LogP contribution in [0.2, 0.25) is 0 Å². The highest BCUT2D eigenvalue weighted by molar-refractivity contribution is 5.85. The molecule has 0 atom stereocenters. The van der Waals surface area contributed by atoms with Gasteiger partial charge in [0.15, 0.2) is 0 Å². The lowest BCUT2D eigenvalue weighted by Crippen LogP contribution is -1.97. The molecule has 0 amide bonds. The van der Waals surface area contributed by atoms with Crippen molar-refractivity contribution in [2.45, 2.75) is 38.1 Å². The molecule has 1 fully saturated rings. The zero-order valence-electron chi connectivity index (χ0n) is 8.41. The van der Waals surface area contributed by atoms with Gasteiger partial charge in [-0.1, -0.05) is 37.1 Å². The minimum absolute atomic E-state index is 0. The normalized spacial score (nSPS) is 16.6. The minimum atomic E-state index is 0. The number of halogens is 1. The van der Waals surface area contributed by atoms with Gasteiger partial charge in [0.25, 0.3) is 0 Å². The second-order valence-electron chi connectivity index (χ2n) is 3.93. The predicted octanol–water partition coefficient (Wildman–Crippen LogP) is 3.22. The van der Waals surface area contributed by atoms with Crippen molar-refractivity contribution in [1.29, 1.82) is 0 Å². The summed E-state index contributed by atoms with van der Waals surface area (Å²) < 4.78 is 0. The summed E-state index contributed by atoms with van der Waals surface area (Å²) in [6.07, 6.45) is 5.57. The van der Waals surface area contributed by atoms with Gasteiger partial charge in [-0.15, -0.1) is 12.4 Å². The van der Waals surface area contributed by atoms with Crippen molar-refractivity contribution in [3.05, 3.63) is 35.4 Å². The van der Waals surface area contributed by atoms with Crippen molar-refractivity contribution in [3.63, 3.8) is 0 Å². The van der Waals surface area contributed by atoms with Crippen molar-refractivity contribution < 1.29 is 0 Å². The molecule has 1 aromatic carbocycles. The Morgan fingerprint density at radius 1 is 1.07 bits per heavy atom. The number of nitrogens with two attached hydrogens (primary N) is 1. The first-order valence-electron chi connectivity index (χ1n) is 5.19. The third-order valence-electron chi connectivity index (χ3n) is 3.04. The molecule has 0 heterocycles. The Balaban J connectivity index is 0.000000980. The van der Waals surface area contributed by atoms with E-state index in [0.717, 1.165) is 5.92 Å². The van der Waals surface area contributed by atoms with Crippen LogP contribution in [0.3, 0.4) is 0 Å². The van der Waals surface area contributed by atoms with Crippen LogP contribution < -0.4 is 5.73 Å². The fourth-order valence-electron chi connectivity index (χ4n) is 2.19. The summed E-state index contributed by atoms with van der Waals surface area (Å²) in [5.41, 5.74) is 8.30. The highest BCUT2D eigenvalue weighted by atomic mass is 35.5. The van der Waals surface area contributed by atoms with Crippen LogP contribution in [-0.4, -0.2) is 0 Å². The number of hydrogen-bond acceptors (Lipinski definition) is 1. The van der Waals surface area contributed by atoms with Gasteiger partial charge in [0.05, 0.1) is 0 Å². The lowest BCUT2D eigenvalue weighted by Gasteiger charge is -2.09. The van der Waals surface area contributed by atoms with E-state index < -0.39 is 0 Å². The van der Waals surface area contributed by atoms with Crippen LogP contribution in [-0.2, 0) is 6.54 Å². The smallest absolute Gasteiger partial charge is 0.0178 e. The van der Waals surface area contributed by atoms with Crippen molar-refractivity contribution in [3.8, 4) is 0 Å². The summed E-state index contributed by atoms with van der Waals surface area (Å²) >= 11 is 0. The summed E-state index contributed by atoms with van der Waals surface area (Å²) in [5, 5.41) is 0. The fourth-order valence-corrected chi connectivity index (χ4v) is 2.19. The van der Waals surface area contributed by atoms with E-state index in [0.29, 0.717) is 6.54 Å². The molecule has 0 bridgehead atoms. The summed E-state index contributed by atoms with van der Waals surface area (Å²) in [5.74, 6) is 0.826. The Kier molecular flexibility index (Phi) is 4.43. The van der Waals surface area contributed by atoms with Crippen LogP contribution in [0.1, 0.15) is 42.7 Å². The summed E-state index contributed by atoms with van der Waals surface area (Å²) in [4.78, 5) is 0. The van der Waals surface area contributed by atoms with Gasteiger partial charge in [0.2, 0.25) is 0 Å². The maximum absolute atomic E-state index is 5.55. The van der Waals surface area contributed by atoms with Gasteiger partial charge in [-0.05, 0) is 29.9 Å². The number of hydrogen-bond donors (Lipinski definition) is 1. The highest BCUT2D eigenvalue weighted by Crippen LogP contribution is 2.33. The zero-order valence-corrected chi connectivity index (χ0v) is 9.22. The molecule has 2 heteroatoms. The molecule has 0 radical (unpaired) electrons. The van der Waals surface area contributed by atoms with Crippen LogP contribution in [0.5, 0.6) is 0 Å². The number of rotatable bonds is 2. The third kappa shape index (κ3) is 2.49. The average molecular weight is 212 g/mol. The van der Waals surface area contributed by atoms with E-state index in [-0.39, 0.29) is 12.4 Å². The van der Waals surface area contributed by atoms with Gasteiger partial charge in [-0.3, -0.25) is 0 Å². The molecule has 78 valence electrons. The van der Waals surface area contributed by atoms with E-state index in [2.05, 4.69) is 24.3 Å². The molecule has 2 rings (SSSR count). The lowest BCUT2D eigenvalue weighted by atomic mass is 9.97. The molecule has 1 aliphatic carbocycles. The molecule has 0 saturated heterocycles. The van der Waals surface area contributed by atoms with E-state index in [9.17, 15) is 0 Å². The second-order valence-corrected chi connectivity index (χ2v) is 3.93. The summed E-state index contributed by atoms with van der Waals surface area (Å²) in [6.45, 7) is 0.658. The first-order chi connectivity index (χ1) is 6.40. The van der Waals surface area contributed by atoms with E-state index in [1.54, 1.807) is 0 Å². The molecular weight excluding hydrogens is 194 g/mol. The summed E-state index contributed by atoms with van der Waals surface area (Å²) in [7, 11) is 0. The lowest BCUT2D eigenvalue weighted by molar-refractivity contribution is 0.723. The molecule has 0 aliphatic heterocycles. The molecule has 0 aromatic heterocycles. The summed E-state index contributed by atoms with van der Waals surface area (Å²) in [6, 6.07) is 8.82. The molecule has 14 heavy (non-hydrogen) atoms. The second kappa shape index (κ2) is 5.38. The molecule has 1 nitrogen and oxygen atoms in total. The standard InChI is InChI=1S/C12H17N.ClH/c13-9-10-5-7-12(8-6-10)11-3-1-2-4-11;/h5-8,11H,1-4,9,13H2;1H. The first kappa shape index (κ1) is 11.5. The third-order valence-corrected chi connectivity index (χ3v) is 3.04. The van der Waals surface area contributed by atoms with Gasteiger partial charge in [0.1, 0.15) is 0 Å². The van der Waals surface area contributed by atoms with Crippen LogP contribution >= 0.6 is 12.4 Å². The number of benzene rings is 1. The SMILES string of the molecule is Cl.NCc1ccc(C2CCCC2)cc1. The molecule has 1 aromatic rings. The maximum atomic E-state index is 5.55. The van der Waals surface area contributed by atoms with Crippen molar-refractivity contribution in [1.82, 2.24) is 0 Å². The molecule has 2 N–H and O–H groups in total. The molecule has 1 saturated carbocycles. The Bertz CT molecular complexity index is 262. The maximum Gasteiger partial charge on any atom is 0.0178 e. The van der Waals surface area contributed by atoms with Gasteiger partial charge >= 0.3 is 0 Å². The van der Waals surface area contributed by atoms with Gasteiger partial charge < -0.3 is 5.73 Å². The molecule has 0 unspecified atom stereocenters. The van der Waals surface area contributed by atoms with E-state index in [4.69, 9.17) is 5.73 Å². The topological polar surface area (TPSA) is 26.0 Å². The molecule has 0 spiro atoms. The Morgan fingerprint density at radius 2 is 1.64 bits per heavy atom. The molecular formula is C12H18ClN. The van der Waals surface area contributed by atoms with Crippen LogP contribution in [0.25, 0.3) is 0 Å². The quantitative estimate of drug-likeness (QED) is 0.799. The predicted molar refractivity (Wildman–Crippen MR) is 62.8 cm³/mol. The van der Waals surface area contributed by atoms with E-state index in [1.807, 2.05) is 0 Å². The van der Waals surface area contributed by atoms with Gasteiger partial charge in [-0.25, -0.2) is 0 Å².